The molecule has 1 N–H and O–H groups in total. The number of rotatable bonds is 6. The first-order chi connectivity index (χ1) is 7.09. The van der Waals surface area contributed by atoms with E-state index >= 15 is 0 Å². The Morgan fingerprint density at radius 1 is 1.33 bits per heavy atom. The van der Waals surface area contributed by atoms with Crippen LogP contribution in [0.1, 0.15) is 45.0 Å². The minimum Gasteiger partial charge on any atom is -0.314 e. The Kier molecular flexibility index (Phi) is 5.26. The van der Waals surface area contributed by atoms with Gasteiger partial charge in [-0.3, -0.25) is 0 Å². The lowest BCUT2D eigenvalue weighted by molar-refractivity contribution is 0.432. The van der Waals surface area contributed by atoms with E-state index in [1.165, 1.54) is 11.4 Å². The highest BCUT2D eigenvalue weighted by atomic mass is 32.1. The van der Waals surface area contributed by atoms with Crippen molar-refractivity contribution in [1.82, 2.24) is 10.3 Å². The van der Waals surface area contributed by atoms with Gasteiger partial charge in [0.05, 0.1) is 5.01 Å². The topological polar surface area (TPSA) is 24.9 Å². The number of thiazole rings is 1. The van der Waals surface area contributed by atoms with Crippen molar-refractivity contribution in [2.24, 2.45) is 5.92 Å². The highest BCUT2D eigenvalue weighted by Crippen LogP contribution is 2.16. The monoisotopic (exact) mass is 226 g/mol. The lowest BCUT2D eigenvalue weighted by Crippen LogP contribution is -2.30. The molecule has 2 nitrogen and oxygen atoms in total. The molecule has 0 saturated heterocycles. The van der Waals surface area contributed by atoms with Gasteiger partial charge in [-0.15, -0.1) is 11.3 Å². The van der Waals surface area contributed by atoms with Crippen molar-refractivity contribution in [3.8, 4) is 0 Å². The smallest absolute Gasteiger partial charge is 0.0965 e. The molecule has 0 radical (unpaired) electrons. The van der Waals surface area contributed by atoms with Crippen LogP contribution in [0, 0.1) is 5.92 Å². The average Bonchev–Trinajstić information content (AvgIpc) is 2.65. The molecule has 15 heavy (non-hydrogen) atoms. The van der Waals surface area contributed by atoms with Gasteiger partial charge in [0.2, 0.25) is 0 Å². The first-order valence-corrected chi connectivity index (χ1v) is 6.60. The maximum Gasteiger partial charge on any atom is 0.0965 e. The molecule has 0 aliphatic carbocycles. The molecule has 0 amide bonds. The van der Waals surface area contributed by atoms with Crippen LogP contribution in [0.15, 0.2) is 11.6 Å². The van der Waals surface area contributed by atoms with Crippen molar-refractivity contribution in [3.05, 3.63) is 16.6 Å². The maximum atomic E-state index is 4.33. The van der Waals surface area contributed by atoms with Crippen molar-refractivity contribution in [2.75, 3.05) is 6.54 Å². The number of aromatic nitrogens is 1. The zero-order valence-electron chi connectivity index (χ0n) is 10.2. The van der Waals surface area contributed by atoms with E-state index < -0.39 is 0 Å². The molecule has 0 fully saturated rings. The standard InChI is InChI=1S/C12H22N2S/c1-9(2)7-11(4)14-8-10(3)12-13-5-6-15-12/h5-6,9-11,14H,7-8H2,1-4H3. The van der Waals surface area contributed by atoms with Gasteiger partial charge in [-0.2, -0.15) is 0 Å². The molecular weight excluding hydrogens is 204 g/mol. The number of hydrogen-bond donors (Lipinski definition) is 1. The van der Waals surface area contributed by atoms with Crippen LogP contribution in [-0.2, 0) is 0 Å². The molecule has 1 aromatic rings. The molecule has 2 unspecified atom stereocenters. The number of hydrogen-bond acceptors (Lipinski definition) is 3. The van der Waals surface area contributed by atoms with E-state index in [9.17, 15) is 0 Å². The fourth-order valence-electron chi connectivity index (χ4n) is 1.73. The first kappa shape index (κ1) is 12.7. The molecular formula is C12H22N2S. The van der Waals surface area contributed by atoms with Crippen molar-refractivity contribution < 1.29 is 0 Å². The minimum atomic E-state index is 0.527. The normalized spacial score (nSPS) is 15.5. The molecule has 86 valence electrons. The van der Waals surface area contributed by atoms with Crippen molar-refractivity contribution >= 4 is 11.3 Å². The predicted molar refractivity (Wildman–Crippen MR) is 67.4 cm³/mol. The second-order valence-electron chi connectivity index (χ2n) is 4.71. The quantitative estimate of drug-likeness (QED) is 0.805. The Morgan fingerprint density at radius 3 is 2.60 bits per heavy atom. The van der Waals surface area contributed by atoms with Crippen LogP contribution in [0.4, 0.5) is 0 Å². The largest absolute Gasteiger partial charge is 0.314 e. The predicted octanol–water partition coefficient (Wildman–Crippen LogP) is 3.27. The molecule has 0 aliphatic heterocycles. The lowest BCUT2D eigenvalue weighted by Gasteiger charge is -2.18. The van der Waals surface area contributed by atoms with E-state index in [4.69, 9.17) is 0 Å². The first-order valence-electron chi connectivity index (χ1n) is 5.72. The Bertz CT molecular complexity index is 257. The van der Waals surface area contributed by atoms with Gasteiger partial charge in [-0.25, -0.2) is 4.98 Å². The fourth-order valence-corrected chi connectivity index (χ4v) is 2.43. The SMILES string of the molecule is CC(C)CC(C)NCC(C)c1nccs1. The van der Waals surface area contributed by atoms with E-state index in [-0.39, 0.29) is 0 Å². The number of nitrogens with one attached hydrogen (secondary N) is 1. The average molecular weight is 226 g/mol. The van der Waals surface area contributed by atoms with Gasteiger partial charge in [-0.1, -0.05) is 20.8 Å². The van der Waals surface area contributed by atoms with Crippen LogP contribution in [0.2, 0.25) is 0 Å². The molecule has 0 aliphatic rings. The maximum absolute atomic E-state index is 4.33. The van der Waals surface area contributed by atoms with Crippen LogP contribution in [0.3, 0.4) is 0 Å². The summed E-state index contributed by atoms with van der Waals surface area (Å²) in [6.07, 6.45) is 3.12. The molecule has 0 aromatic carbocycles. The number of nitrogens with zero attached hydrogens (tertiary/aromatic N) is 1. The summed E-state index contributed by atoms with van der Waals surface area (Å²) >= 11 is 1.75. The Balaban J connectivity index is 2.25. The third-order valence-corrected chi connectivity index (χ3v) is 3.48. The van der Waals surface area contributed by atoms with Crippen LogP contribution in [0.25, 0.3) is 0 Å². The van der Waals surface area contributed by atoms with E-state index in [1.807, 2.05) is 11.6 Å². The van der Waals surface area contributed by atoms with Gasteiger partial charge in [-0.05, 0) is 19.3 Å². The summed E-state index contributed by atoms with van der Waals surface area (Å²) in [6, 6.07) is 0.604. The Hall–Kier alpha value is -0.410. The molecule has 1 heterocycles. The minimum absolute atomic E-state index is 0.527. The summed E-state index contributed by atoms with van der Waals surface area (Å²) < 4.78 is 0. The van der Waals surface area contributed by atoms with Gasteiger partial charge in [0.15, 0.2) is 0 Å². The molecule has 3 heteroatoms. The van der Waals surface area contributed by atoms with Gasteiger partial charge < -0.3 is 5.32 Å². The van der Waals surface area contributed by atoms with Gasteiger partial charge >= 0.3 is 0 Å². The Morgan fingerprint density at radius 2 is 2.07 bits per heavy atom. The fraction of sp³-hybridized carbons (Fsp3) is 0.750. The van der Waals surface area contributed by atoms with Crippen LogP contribution in [0.5, 0.6) is 0 Å². The zero-order valence-corrected chi connectivity index (χ0v) is 11.0. The molecule has 0 spiro atoms. The summed E-state index contributed by atoms with van der Waals surface area (Å²) in [4.78, 5) is 4.33. The van der Waals surface area contributed by atoms with Crippen LogP contribution in [-0.4, -0.2) is 17.6 Å². The summed E-state index contributed by atoms with van der Waals surface area (Å²) in [6.45, 7) is 10.1. The Labute approximate surface area is 97.1 Å². The molecule has 1 aromatic heterocycles. The van der Waals surface area contributed by atoms with Gasteiger partial charge in [0, 0.05) is 30.1 Å². The highest BCUT2D eigenvalue weighted by molar-refractivity contribution is 7.09. The second kappa shape index (κ2) is 6.23. The van der Waals surface area contributed by atoms with Crippen LogP contribution < -0.4 is 5.32 Å². The molecule has 1 rings (SSSR count). The van der Waals surface area contributed by atoms with Gasteiger partial charge in [0.25, 0.3) is 0 Å². The van der Waals surface area contributed by atoms with Crippen molar-refractivity contribution in [3.63, 3.8) is 0 Å². The summed E-state index contributed by atoms with van der Waals surface area (Å²) in [7, 11) is 0. The second-order valence-corrected chi connectivity index (χ2v) is 5.64. The third-order valence-electron chi connectivity index (χ3n) is 2.47. The molecule has 0 bridgehead atoms. The summed E-state index contributed by atoms with van der Waals surface area (Å²) in [5.41, 5.74) is 0. The lowest BCUT2D eigenvalue weighted by atomic mass is 10.0. The van der Waals surface area contributed by atoms with E-state index in [1.54, 1.807) is 11.3 Å². The van der Waals surface area contributed by atoms with Crippen molar-refractivity contribution in [1.29, 1.82) is 0 Å². The van der Waals surface area contributed by atoms with E-state index in [0.717, 1.165) is 12.5 Å². The highest BCUT2D eigenvalue weighted by Gasteiger charge is 2.10. The third kappa shape index (κ3) is 4.76. The molecule has 0 saturated carbocycles. The van der Waals surface area contributed by atoms with Crippen molar-refractivity contribution in [2.45, 2.75) is 46.1 Å². The summed E-state index contributed by atoms with van der Waals surface area (Å²) in [5.74, 6) is 1.29. The summed E-state index contributed by atoms with van der Waals surface area (Å²) in [5, 5.41) is 6.85. The molecule has 2 atom stereocenters. The van der Waals surface area contributed by atoms with E-state index in [2.05, 4.69) is 38.0 Å². The van der Waals surface area contributed by atoms with Gasteiger partial charge in [0.1, 0.15) is 0 Å². The van der Waals surface area contributed by atoms with Crippen LogP contribution >= 0.6 is 11.3 Å². The van der Waals surface area contributed by atoms with E-state index in [0.29, 0.717) is 12.0 Å². The zero-order chi connectivity index (χ0) is 11.3.